The van der Waals surface area contributed by atoms with Gasteiger partial charge in [0.2, 0.25) is 0 Å². The van der Waals surface area contributed by atoms with E-state index in [9.17, 15) is 9.59 Å². The van der Waals surface area contributed by atoms with Gasteiger partial charge in [-0.15, -0.1) is 0 Å². The maximum atomic E-state index is 12.8. The fraction of sp³-hybridized carbons (Fsp3) is 0.316. The number of hydrogen-bond donors (Lipinski definition) is 1. The molecular formula is C19H21ClN4O3. The standard InChI is InChI=1S/C19H21ClN4O3/c1-2-27-19(26)24-11-9-23(10-12-24)18(25)14-7-8-21-17(13-14)22-16-5-3-15(20)4-6-16/h3-8,13H,2,9-12H2,1H3,(H,21,22). The Morgan fingerprint density at radius 2 is 1.78 bits per heavy atom. The van der Waals surface area contributed by atoms with Crippen LogP contribution in [0, 0.1) is 0 Å². The molecule has 2 aromatic rings. The number of pyridine rings is 1. The van der Waals surface area contributed by atoms with Gasteiger partial charge in [0.1, 0.15) is 5.82 Å². The number of hydrogen-bond acceptors (Lipinski definition) is 5. The number of nitrogens with one attached hydrogen (secondary N) is 1. The van der Waals surface area contributed by atoms with Gasteiger partial charge in [-0.2, -0.15) is 0 Å². The average Bonchev–Trinajstić information content (AvgIpc) is 2.70. The van der Waals surface area contributed by atoms with E-state index in [1.807, 2.05) is 12.1 Å². The number of benzene rings is 1. The lowest BCUT2D eigenvalue weighted by atomic mass is 10.2. The van der Waals surface area contributed by atoms with Crippen LogP contribution in [0.2, 0.25) is 5.02 Å². The highest BCUT2D eigenvalue weighted by atomic mass is 35.5. The lowest BCUT2D eigenvalue weighted by Crippen LogP contribution is -2.50. The molecule has 1 aromatic heterocycles. The molecule has 0 radical (unpaired) electrons. The maximum absolute atomic E-state index is 12.8. The molecule has 27 heavy (non-hydrogen) atoms. The van der Waals surface area contributed by atoms with Crippen LogP contribution in [0.25, 0.3) is 0 Å². The molecule has 2 amide bonds. The first-order valence-corrected chi connectivity index (χ1v) is 9.14. The zero-order valence-electron chi connectivity index (χ0n) is 15.0. The summed E-state index contributed by atoms with van der Waals surface area (Å²) in [6.07, 6.45) is 1.27. The van der Waals surface area contributed by atoms with Crippen molar-refractivity contribution in [3.8, 4) is 0 Å². The van der Waals surface area contributed by atoms with Crippen molar-refractivity contribution < 1.29 is 14.3 Å². The third-order valence-corrected chi connectivity index (χ3v) is 4.47. The fourth-order valence-electron chi connectivity index (χ4n) is 2.80. The summed E-state index contributed by atoms with van der Waals surface area (Å²) in [6.45, 7) is 3.99. The first-order chi connectivity index (χ1) is 13.1. The van der Waals surface area contributed by atoms with Crippen molar-refractivity contribution >= 4 is 35.1 Å². The van der Waals surface area contributed by atoms with Gasteiger partial charge in [-0.05, 0) is 43.3 Å². The SMILES string of the molecule is CCOC(=O)N1CCN(C(=O)c2ccnc(Nc3ccc(Cl)cc3)c2)CC1. The van der Waals surface area contributed by atoms with Crippen LogP contribution in [0.5, 0.6) is 0 Å². The minimum atomic E-state index is -0.331. The normalized spacial score (nSPS) is 14.0. The van der Waals surface area contributed by atoms with Crippen molar-refractivity contribution in [2.24, 2.45) is 0 Å². The molecule has 142 valence electrons. The Kier molecular flexibility index (Phi) is 6.13. The van der Waals surface area contributed by atoms with Crippen molar-refractivity contribution in [2.75, 3.05) is 38.1 Å². The highest BCUT2D eigenvalue weighted by molar-refractivity contribution is 6.30. The molecule has 1 aromatic carbocycles. The second-order valence-electron chi connectivity index (χ2n) is 6.04. The predicted octanol–water partition coefficient (Wildman–Crippen LogP) is 3.39. The van der Waals surface area contributed by atoms with E-state index in [2.05, 4.69) is 10.3 Å². The fourth-order valence-corrected chi connectivity index (χ4v) is 2.93. The minimum Gasteiger partial charge on any atom is -0.450 e. The number of nitrogens with zero attached hydrogens (tertiary/aromatic N) is 3. The van der Waals surface area contributed by atoms with E-state index in [0.717, 1.165) is 5.69 Å². The van der Waals surface area contributed by atoms with E-state index in [1.165, 1.54) is 0 Å². The van der Waals surface area contributed by atoms with Gasteiger partial charge in [0, 0.05) is 48.6 Å². The smallest absolute Gasteiger partial charge is 0.409 e. The molecule has 2 heterocycles. The lowest BCUT2D eigenvalue weighted by molar-refractivity contribution is 0.0570. The van der Waals surface area contributed by atoms with Crippen LogP contribution < -0.4 is 5.32 Å². The molecule has 3 rings (SSSR count). The first kappa shape index (κ1) is 19.0. The Hall–Kier alpha value is -2.80. The van der Waals surface area contributed by atoms with Crippen LogP contribution in [-0.2, 0) is 4.74 Å². The number of rotatable bonds is 4. The van der Waals surface area contributed by atoms with E-state index in [4.69, 9.17) is 16.3 Å². The van der Waals surface area contributed by atoms with Crippen LogP contribution in [0.1, 0.15) is 17.3 Å². The molecule has 0 bridgehead atoms. The summed E-state index contributed by atoms with van der Waals surface area (Å²) in [5.74, 6) is 0.494. The Labute approximate surface area is 162 Å². The van der Waals surface area contributed by atoms with Gasteiger partial charge in [-0.3, -0.25) is 4.79 Å². The van der Waals surface area contributed by atoms with Crippen molar-refractivity contribution in [3.05, 3.63) is 53.2 Å². The highest BCUT2D eigenvalue weighted by Crippen LogP contribution is 2.19. The summed E-state index contributed by atoms with van der Waals surface area (Å²) in [5.41, 5.74) is 1.38. The third-order valence-electron chi connectivity index (χ3n) is 4.22. The van der Waals surface area contributed by atoms with Gasteiger partial charge < -0.3 is 19.9 Å². The van der Waals surface area contributed by atoms with E-state index in [0.29, 0.717) is 49.2 Å². The average molecular weight is 389 g/mol. The topological polar surface area (TPSA) is 74.8 Å². The van der Waals surface area contributed by atoms with Gasteiger partial charge >= 0.3 is 6.09 Å². The quantitative estimate of drug-likeness (QED) is 0.868. The van der Waals surface area contributed by atoms with Gasteiger partial charge in [-0.25, -0.2) is 9.78 Å². The monoisotopic (exact) mass is 388 g/mol. The molecule has 1 saturated heterocycles. The van der Waals surface area contributed by atoms with Crippen LogP contribution in [0.4, 0.5) is 16.3 Å². The maximum Gasteiger partial charge on any atom is 0.409 e. The van der Waals surface area contributed by atoms with E-state index in [-0.39, 0.29) is 12.0 Å². The Balaban J connectivity index is 1.62. The Morgan fingerprint density at radius 1 is 1.11 bits per heavy atom. The summed E-state index contributed by atoms with van der Waals surface area (Å²) < 4.78 is 5.00. The van der Waals surface area contributed by atoms with Crippen molar-refractivity contribution in [3.63, 3.8) is 0 Å². The second-order valence-corrected chi connectivity index (χ2v) is 6.48. The summed E-state index contributed by atoms with van der Waals surface area (Å²) in [5, 5.41) is 3.81. The lowest BCUT2D eigenvalue weighted by Gasteiger charge is -2.34. The molecule has 0 aliphatic carbocycles. The molecular weight excluding hydrogens is 368 g/mol. The van der Waals surface area contributed by atoms with E-state index in [1.54, 1.807) is 47.2 Å². The van der Waals surface area contributed by atoms with E-state index >= 15 is 0 Å². The van der Waals surface area contributed by atoms with Gasteiger partial charge in [-0.1, -0.05) is 11.6 Å². The number of piperazine rings is 1. The third kappa shape index (κ3) is 4.89. The van der Waals surface area contributed by atoms with Crippen LogP contribution in [-0.4, -0.2) is 59.6 Å². The number of amides is 2. The molecule has 0 saturated carbocycles. The minimum absolute atomic E-state index is 0.0833. The molecule has 1 aliphatic rings. The van der Waals surface area contributed by atoms with Crippen LogP contribution in [0.3, 0.4) is 0 Å². The number of halogens is 1. The molecule has 1 aliphatic heterocycles. The molecule has 0 atom stereocenters. The van der Waals surface area contributed by atoms with Gasteiger partial charge in [0.15, 0.2) is 0 Å². The van der Waals surface area contributed by atoms with Crippen molar-refractivity contribution in [2.45, 2.75) is 6.92 Å². The molecule has 1 N–H and O–H groups in total. The van der Waals surface area contributed by atoms with Gasteiger partial charge in [0.25, 0.3) is 5.91 Å². The number of ether oxygens (including phenoxy) is 1. The molecule has 1 fully saturated rings. The Bertz CT molecular complexity index is 805. The Morgan fingerprint density at radius 3 is 2.44 bits per heavy atom. The molecule has 7 nitrogen and oxygen atoms in total. The molecule has 0 unspecified atom stereocenters. The zero-order valence-corrected chi connectivity index (χ0v) is 15.8. The first-order valence-electron chi connectivity index (χ1n) is 8.76. The number of aromatic nitrogens is 1. The van der Waals surface area contributed by atoms with Gasteiger partial charge in [0.05, 0.1) is 6.61 Å². The largest absolute Gasteiger partial charge is 0.450 e. The van der Waals surface area contributed by atoms with Crippen molar-refractivity contribution in [1.82, 2.24) is 14.8 Å². The summed E-state index contributed by atoms with van der Waals surface area (Å²) in [4.78, 5) is 32.1. The van der Waals surface area contributed by atoms with Crippen LogP contribution in [0.15, 0.2) is 42.6 Å². The highest BCUT2D eigenvalue weighted by Gasteiger charge is 2.25. The predicted molar refractivity (Wildman–Crippen MR) is 103 cm³/mol. The number of carbonyl (C=O) groups is 2. The van der Waals surface area contributed by atoms with Crippen LogP contribution >= 0.6 is 11.6 Å². The number of carbonyl (C=O) groups excluding carboxylic acids is 2. The second kappa shape index (κ2) is 8.73. The molecule has 0 spiro atoms. The van der Waals surface area contributed by atoms with E-state index < -0.39 is 0 Å². The summed E-state index contributed by atoms with van der Waals surface area (Å²) >= 11 is 5.89. The summed E-state index contributed by atoms with van der Waals surface area (Å²) in [6, 6.07) is 10.6. The zero-order chi connectivity index (χ0) is 19.2. The number of anilines is 2. The molecule has 8 heteroatoms. The van der Waals surface area contributed by atoms with Crippen molar-refractivity contribution in [1.29, 1.82) is 0 Å². The summed E-state index contributed by atoms with van der Waals surface area (Å²) in [7, 11) is 0.